The third-order valence-electron chi connectivity index (χ3n) is 5.22. The Kier molecular flexibility index (Phi) is 11.0. The standard InChI is InChI=1S/2C11H14N2O3S.Ba/c2*1-2-5-10(17(14,15)16)11-12-8-6-3-4-7-9(8)13-11;/h2*3-4,6-7,10H,2,5H2,1H3,(H,12,13)(H,14,15,16);/q;;+2/p-2/t2*10-;/m11./s1. The van der Waals surface area contributed by atoms with Gasteiger partial charge in [0.2, 0.25) is 0 Å². The van der Waals surface area contributed by atoms with Crippen molar-refractivity contribution in [3.8, 4) is 0 Å². The number of imidazole rings is 2. The van der Waals surface area contributed by atoms with E-state index in [0.717, 1.165) is 11.0 Å². The van der Waals surface area contributed by atoms with Crippen LogP contribution in [0.5, 0.6) is 0 Å². The maximum atomic E-state index is 11.2. The summed E-state index contributed by atoms with van der Waals surface area (Å²) in [5.74, 6) is 0.478. The molecular weight excluding hydrogens is 618 g/mol. The zero-order chi connectivity index (χ0) is 24.9. The van der Waals surface area contributed by atoms with Crippen molar-refractivity contribution in [2.75, 3.05) is 0 Å². The van der Waals surface area contributed by atoms with Gasteiger partial charge < -0.3 is 19.1 Å². The van der Waals surface area contributed by atoms with Crippen molar-refractivity contribution in [2.45, 2.75) is 50.0 Å². The molecule has 0 spiro atoms. The van der Waals surface area contributed by atoms with E-state index in [9.17, 15) is 25.9 Å². The summed E-state index contributed by atoms with van der Waals surface area (Å²) in [6.07, 6.45) is 1.80. The molecule has 4 rings (SSSR count). The van der Waals surface area contributed by atoms with Crippen LogP contribution in [0.1, 0.15) is 61.7 Å². The fourth-order valence-electron chi connectivity index (χ4n) is 3.61. The molecule has 0 unspecified atom stereocenters. The Morgan fingerprint density at radius 3 is 1.34 bits per heavy atom. The van der Waals surface area contributed by atoms with Gasteiger partial charge in [-0.1, -0.05) is 51.0 Å². The first-order valence-corrected chi connectivity index (χ1v) is 13.8. The molecule has 2 aromatic heterocycles. The van der Waals surface area contributed by atoms with Gasteiger partial charge in [-0.25, -0.2) is 26.8 Å². The molecule has 0 aliphatic heterocycles. The van der Waals surface area contributed by atoms with E-state index in [0.29, 0.717) is 23.9 Å². The number of hydrogen-bond donors (Lipinski definition) is 2. The van der Waals surface area contributed by atoms with E-state index in [2.05, 4.69) is 19.9 Å². The summed E-state index contributed by atoms with van der Waals surface area (Å²) in [6.45, 7) is 3.67. The second-order valence-electron chi connectivity index (χ2n) is 7.82. The molecule has 2 aromatic carbocycles. The number of hydrogen-bond acceptors (Lipinski definition) is 8. The molecule has 2 heterocycles. The van der Waals surface area contributed by atoms with Crippen LogP contribution in [0.2, 0.25) is 0 Å². The Hall–Kier alpha value is -1.23. The van der Waals surface area contributed by atoms with E-state index >= 15 is 0 Å². The van der Waals surface area contributed by atoms with Crippen LogP contribution in [0.15, 0.2) is 48.5 Å². The van der Waals surface area contributed by atoms with E-state index in [4.69, 9.17) is 0 Å². The van der Waals surface area contributed by atoms with Crippen molar-refractivity contribution < 1.29 is 25.9 Å². The molecule has 0 amide bonds. The minimum atomic E-state index is -4.37. The van der Waals surface area contributed by atoms with E-state index in [1.54, 1.807) is 24.3 Å². The second-order valence-corrected chi connectivity index (χ2v) is 10.9. The molecule has 184 valence electrons. The molecule has 2 atom stereocenters. The Balaban J connectivity index is 0.000000240. The van der Waals surface area contributed by atoms with Crippen LogP contribution < -0.4 is 0 Å². The van der Waals surface area contributed by atoms with Gasteiger partial charge in [0.25, 0.3) is 0 Å². The molecule has 35 heavy (non-hydrogen) atoms. The average Bonchev–Trinajstić information content (AvgIpc) is 3.38. The minimum Gasteiger partial charge on any atom is -0.747 e. The van der Waals surface area contributed by atoms with E-state index in [1.807, 2.05) is 38.1 Å². The Morgan fingerprint density at radius 1 is 0.714 bits per heavy atom. The maximum Gasteiger partial charge on any atom is 2.00 e. The molecule has 0 bridgehead atoms. The predicted molar refractivity (Wildman–Crippen MR) is 133 cm³/mol. The number of aromatic nitrogens is 4. The van der Waals surface area contributed by atoms with Crippen LogP contribution in [-0.4, -0.2) is 94.8 Å². The van der Waals surface area contributed by atoms with Crippen LogP contribution in [0.4, 0.5) is 0 Å². The summed E-state index contributed by atoms with van der Waals surface area (Å²) in [4.78, 5) is 14.1. The van der Waals surface area contributed by atoms with Gasteiger partial charge in [0.15, 0.2) is 0 Å². The summed E-state index contributed by atoms with van der Waals surface area (Å²) < 4.78 is 67.1. The van der Waals surface area contributed by atoms with E-state index < -0.39 is 30.7 Å². The Labute approximate surface area is 244 Å². The number of H-pyrrole nitrogens is 2. The van der Waals surface area contributed by atoms with Gasteiger partial charge in [-0.15, -0.1) is 0 Å². The molecule has 4 aromatic rings. The number of nitrogens with one attached hydrogen (secondary N) is 2. The van der Waals surface area contributed by atoms with E-state index in [1.165, 1.54) is 0 Å². The molecule has 0 fully saturated rings. The molecule has 0 saturated heterocycles. The molecule has 0 aliphatic carbocycles. The molecule has 0 saturated carbocycles. The van der Waals surface area contributed by atoms with Crippen molar-refractivity contribution in [3.05, 3.63) is 60.2 Å². The quantitative estimate of drug-likeness (QED) is 0.217. The molecule has 2 N–H and O–H groups in total. The fraction of sp³-hybridized carbons (Fsp3) is 0.364. The molecule has 0 aliphatic rings. The molecule has 10 nitrogen and oxygen atoms in total. The van der Waals surface area contributed by atoms with Gasteiger partial charge in [0.05, 0.1) is 22.1 Å². The van der Waals surface area contributed by atoms with Crippen LogP contribution in [0, 0.1) is 0 Å². The summed E-state index contributed by atoms with van der Waals surface area (Å²) in [7, 11) is -8.74. The summed E-state index contributed by atoms with van der Waals surface area (Å²) >= 11 is 0. The van der Waals surface area contributed by atoms with Crippen LogP contribution in [0.3, 0.4) is 0 Å². The number of aromatic amines is 2. The van der Waals surface area contributed by atoms with Crippen molar-refractivity contribution in [1.29, 1.82) is 0 Å². The largest absolute Gasteiger partial charge is 2.00 e. The van der Waals surface area contributed by atoms with Gasteiger partial charge in [-0.05, 0) is 37.1 Å². The monoisotopic (exact) mass is 644 g/mol. The van der Waals surface area contributed by atoms with Crippen molar-refractivity contribution in [3.63, 3.8) is 0 Å². The van der Waals surface area contributed by atoms with Gasteiger partial charge in [0.1, 0.15) is 42.4 Å². The maximum absolute atomic E-state index is 11.2. The first kappa shape index (κ1) is 30.0. The SMILES string of the molecule is CCC[C@H](c1nc2ccccc2[nH]1)S(=O)(=O)[O-].CCC[C@H](c1nc2ccccc2[nH]1)S(=O)(=O)[O-].[Ba+2]. The van der Waals surface area contributed by atoms with Crippen molar-refractivity contribution >= 4 is 91.2 Å². The number of para-hydroxylation sites is 4. The Morgan fingerprint density at radius 2 is 1.06 bits per heavy atom. The third kappa shape index (κ3) is 7.88. The topological polar surface area (TPSA) is 172 Å². The van der Waals surface area contributed by atoms with Gasteiger partial charge in [-0.3, -0.25) is 0 Å². The minimum absolute atomic E-state index is 0. The number of fused-ring (bicyclic) bond motifs is 2. The smallest absolute Gasteiger partial charge is 0.747 e. The molecule has 0 radical (unpaired) electrons. The second kappa shape index (κ2) is 12.8. The summed E-state index contributed by atoms with van der Waals surface area (Å²) in [5.41, 5.74) is 2.83. The zero-order valence-corrected chi connectivity index (χ0v) is 25.5. The summed E-state index contributed by atoms with van der Waals surface area (Å²) in [5, 5.41) is -2.17. The van der Waals surface area contributed by atoms with Crippen molar-refractivity contribution in [2.24, 2.45) is 0 Å². The first-order valence-electron chi connectivity index (χ1n) is 10.8. The van der Waals surface area contributed by atoms with Crippen LogP contribution in [0.25, 0.3) is 22.1 Å². The fourth-order valence-corrected chi connectivity index (χ4v) is 5.43. The normalized spacial score (nSPS) is 13.6. The Bertz CT molecular complexity index is 1290. The van der Waals surface area contributed by atoms with Gasteiger partial charge in [-0.2, -0.15) is 0 Å². The zero-order valence-electron chi connectivity index (χ0n) is 19.5. The molecule has 13 heteroatoms. The van der Waals surface area contributed by atoms with Gasteiger partial charge in [0, 0.05) is 0 Å². The molecular formula is C22H26BaN4O6S2. The number of nitrogens with zero attached hydrogens (tertiary/aromatic N) is 2. The van der Waals surface area contributed by atoms with Gasteiger partial charge >= 0.3 is 48.9 Å². The van der Waals surface area contributed by atoms with Crippen LogP contribution in [-0.2, 0) is 20.2 Å². The first-order chi connectivity index (χ1) is 16.0. The van der Waals surface area contributed by atoms with Crippen LogP contribution >= 0.6 is 0 Å². The predicted octanol–water partition coefficient (Wildman–Crippen LogP) is 3.52. The van der Waals surface area contributed by atoms with Crippen molar-refractivity contribution in [1.82, 2.24) is 19.9 Å². The average molecular weight is 644 g/mol. The number of rotatable bonds is 8. The summed E-state index contributed by atoms with van der Waals surface area (Å²) in [6, 6.07) is 14.4. The number of benzene rings is 2. The van der Waals surface area contributed by atoms with E-state index in [-0.39, 0.29) is 73.4 Å². The third-order valence-corrected chi connectivity index (χ3v) is 7.54.